The fraction of sp³-hybridized carbons (Fsp3) is 0.500. The first kappa shape index (κ1) is 27.4. The summed E-state index contributed by atoms with van der Waals surface area (Å²) in [5.74, 6) is 0.609. The zero-order valence-electron chi connectivity index (χ0n) is 22.3. The van der Waals surface area contributed by atoms with Crippen molar-refractivity contribution in [3.8, 4) is 0 Å². The van der Waals surface area contributed by atoms with Gasteiger partial charge in [-0.2, -0.15) is 0 Å². The molecule has 0 radical (unpaired) electrons. The van der Waals surface area contributed by atoms with Crippen molar-refractivity contribution in [1.29, 1.82) is 0 Å². The van der Waals surface area contributed by atoms with E-state index < -0.39 is 13.2 Å². The quantitative estimate of drug-likeness (QED) is 0.285. The van der Waals surface area contributed by atoms with Gasteiger partial charge in [0.2, 0.25) is 0 Å². The van der Waals surface area contributed by atoms with Crippen molar-refractivity contribution in [2.45, 2.75) is 76.2 Å². The van der Waals surface area contributed by atoms with Crippen molar-refractivity contribution >= 4 is 13.4 Å². The maximum absolute atomic E-state index is 13.6. The fourth-order valence-electron chi connectivity index (χ4n) is 4.58. The number of phosphoric ester groups is 1. The summed E-state index contributed by atoms with van der Waals surface area (Å²) in [6.45, 7) is 23.0. The van der Waals surface area contributed by atoms with E-state index in [-0.39, 0.29) is 13.2 Å². The van der Waals surface area contributed by atoms with Gasteiger partial charge in [-0.15, -0.1) is 0 Å². The lowest BCUT2D eigenvalue weighted by molar-refractivity contribution is 0.129. The summed E-state index contributed by atoms with van der Waals surface area (Å²) >= 11 is 0. The summed E-state index contributed by atoms with van der Waals surface area (Å²) in [6.07, 6.45) is 0. The van der Waals surface area contributed by atoms with E-state index in [9.17, 15) is 4.57 Å². The van der Waals surface area contributed by atoms with Crippen LogP contribution in [0, 0.1) is 47.0 Å². The first-order valence-corrected chi connectivity index (χ1v) is 13.2. The van der Waals surface area contributed by atoms with Gasteiger partial charge < -0.3 is 4.52 Å². The molecule has 2 rings (SSSR count). The monoisotopic (exact) mass is 472 g/mol. The molecule has 0 bridgehead atoms. The second-order valence-electron chi connectivity index (χ2n) is 9.88. The summed E-state index contributed by atoms with van der Waals surface area (Å²) in [5, 5.41) is 0. The van der Waals surface area contributed by atoms with Crippen molar-refractivity contribution in [2.75, 3.05) is 13.2 Å². The first-order chi connectivity index (χ1) is 15.2. The third-order valence-electron chi connectivity index (χ3n) is 5.54. The Hall–Kier alpha value is -1.87. The van der Waals surface area contributed by atoms with E-state index in [4.69, 9.17) is 13.6 Å². The molecule has 4 nitrogen and oxygen atoms in total. The van der Waals surface area contributed by atoms with E-state index in [1.165, 1.54) is 11.1 Å². The minimum atomic E-state index is -3.80. The third kappa shape index (κ3) is 6.38. The molecule has 0 aliphatic rings. The second kappa shape index (κ2) is 10.6. The number of phosphoric acid groups is 1. The van der Waals surface area contributed by atoms with E-state index >= 15 is 0 Å². The van der Waals surface area contributed by atoms with Crippen molar-refractivity contribution in [2.24, 2.45) is 5.41 Å². The molecule has 0 fully saturated rings. The molecule has 2 aromatic rings. The second-order valence-corrected chi connectivity index (χ2v) is 11.5. The van der Waals surface area contributed by atoms with Gasteiger partial charge in [-0.25, -0.2) is 4.57 Å². The first-order valence-electron chi connectivity index (χ1n) is 11.7. The average Bonchev–Trinajstić information content (AvgIpc) is 2.63. The number of benzene rings is 2. The highest BCUT2D eigenvalue weighted by Gasteiger charge is 2.36. The Bertz CT molecular complexity index is 974. The summed E-state index contributed by atoms with van der Waals surface area (Å²) < 4.78 is 31.0. The van der Waals surface area contributed by atoms with Crippen molar-refractivity contribution in [3.05, 3.63) is 74.5 Å². The molecule has 0 spiro atoms. The molecule has 0 heterocycles. The van der Waals surface area contributed by atoms with Crippen LogP contribution < -0.4 is 0 Å². The van der Waals surface area contributed by atoms with Crippen LogP contribution in [0.25, 0.3) is 5.57 Å². The van der Waals surface area contributed by atoms with Crippen LogP contribution in [-0.2, 0) is 18.1 Å². The van der Waals surface area contributed by atoms with E-state index in [1.54, 1.807) is 13.8 Å². The predicted octanol–water partition coefficient (Wildman–Crippen LogP) is 8.54. The summed E-state index contributed by atoms with van der Waals surface area (Å²) in [5.41, 5.74) is 9.69. The molecule has 0 aliphatic heterocycles. The SMILES string of the molecule is CCOP(=O)(OCC)OC(=C(c1c(C)cc(C)cc1C)c1c(C)cc(C)cc1C)C(C)(C)C. The van der Waals surface area contributed by atoms with Gasteiger partial charge in [-0.3, -0.25) is 9.05 Å². The molecule has 0 aliphatic carbocycles. The van der Waals surface area contributed by atoms with Crippen LogP contribution in [0.5, 0.6) is 0 Å². The van der Waals surface area contributed by atoms with Gasteiger partial charge in [-0.1, -0.05) is 56.2 Å². The number of hydrogen-bond acceptors (Lipinski definition) is 4. The minimum Gasteiger partial charge on any atom is -0.407 e. The van der Waals surface area contributed by atoms with Gasteiger partial charge in [0.15, 0.2) is 0 Å². The van der Waals surface area contributed by atoms with Crippen molar-refractivity contribution in [1.82, 2.24) is 0 Å². The van der Waals surface area contributed by atoms with Crippen LogP contribution in [0.4, 0.5) is 0 Å². The fourth-order valence-corrected chi connectivity index (χ4v) is 5.98. The van der Waals surface area contributed by atoms with Crippen LogP contribution in [0.3, 0.4) is 0 Å². The van der Waals surface area contributed by atoms with Gasteiger partial charge in [0.1, 0.15) is 5.76 Å². The molecular weight excluding hydrogens is 431 g/mol. The van der Waals surface area contributed by atoms with Gasteiger partial charge in [-0.05, 0) is 88.8 Å². The van der Waals surface area contributed by atoms with Gasteiger partial charge >= 0.3 is 7.82 Å². The Balaban J connectivity index is 3.08. The molecule has 33 heavy (non-hydrogen) atoms. The molecule has 0 unspecified atom stereocenters. The lowest BCUT2D eigenvalue weighted by atomic mass is 9.79. The summed E-state index contributed by atoms with van der Waals surface area (Å²) in [7, 11) is -3.80. The Morgan fingerprint density at radius 2 is 1.06 bits per heavy atom. The Morgan fingerprint density at radius 3 is 1.33 bits per heavy atom. The van der Waals surface area contributed by atoms with Crippen LogP contribution in [0.1, 0.15) is 79.1 Å². The maximum atomic E-state index is 13.6. The van der Waals surface area contributed by atoms with Crippen LogP contribution in [-0.4, -0.2) is 13.2 Å². The van der Waals surface area contributed by atoms with Crippen molar-refractivity contribution < 1.29 is 18.1 Å². The normalized spacial score (nSPS) is 12.1. The minimum absolute atomic E-state index is 0.231. The molecule has 182 valence electrons. The molecule has 0 saturated carbocycles. The third-order valence-corrected chi connectivity index (χ3v) is 7.09. The predicted molar refractivity (Wildman–Crippen MR) is 139 cm³/mol. The molecular formula is C28H41O4P. The van der Waals surface area contributed by atoms with Crippen molar-refractivity contribution in [3.63, 3.8) is 0 Å². The average molecular weight is 473 g/mol. The number of allylic oxidation sites excluding steroid dienone is 1. The molecule has 0 N–H and O–H groups in total. The molecule has 0 saturated heterocycles. The maximum Gasteiger partial charge on any atom is 0.529 e. The number of aryl methyl sites for hydroxylation is 6. The topological polar surface area (TPSA) is 44.8 Å². The Morgan fingerprint density at radius 1 is 0.727 bits per heavy atom. The van der Waals surface area contributed by atoms with Crippen LogP contribution in [0.2, 0.25) is 0 Å². The number of hydrogen-bond donors (Lipinski definition) is 0. The number of rotatable bonds is 8. The highest BCUT2D eigenvalue weighted by atomic mass is 31.2. The molecule has 0 aromatic heterocycles. The zero-order valence-corrected chi connectivity index (χ0v) is 23.2. The van der Waals surface area contributed by atoms with Gasteiger partial charge in [0.05, 0.1) is 13.2 Å². The van der Waals surface area contributed by atoms with Gasteiger partial charge in [0, 0.05) is 11.0 Å². The lowest BCUT2D eigenvalue weighted by Gasteiger charge is -2.32. The highest BCUT2D eigenvalue weighted by Crippen LogP contribution is 2.56. The summed E-state index contributed by atoms with van der Waals surface area (Å²) in [6, 6.07) is 8.75. The van der Waals surface area contributed by atoms with Crippen LogP contribution in [0.15, 0.2) is 30.0 Å². The van der Waals surface area contributed by atoms with E-state index in [2.05, 4.69) is 86.6 Å². The zero-order chi connectivity index (χ0) is 25.1. The van der Waals surface area contributed by atoms with E-state index in [1.807, 2.05) is 0 Å². The molecule has 5 heteroatoms. The smallest absolute Gasteiger partial charge is 0.407 e. The van der Waals surface area contributed by atoms with E-state index in [0.717, 1.165) is 39.0 Å². The molecule has 0 atom stereocenters. The van der Waals surface area contributed by atoms with Crippen LogP contribution >= 0.6 is 7.82 Å². The summed E-state index contributed by atoms with van der Waals surface area (Å²) in [4.78, 5) is 0. The lowest BCUT2D eigenvalue weighted by Crippen LogP contribution is -2.18. The Kier molecular flexibility index (Phi) is 8.79. The molecule has 0 amide bonds. The van der Waals surface area contributed by atoms with E-state index in [0.29, 0.717) is 5.76 Å². The highest BCUT2D eigenvalue weighted by molar-refractivity contribution is 7.48. The standard InChI is InChI=1S/C28H41O4P/c1-12-30-33(29,31-13-2)32-27(28(9,10)11)26(24-20(5)14-18(3)15-21(24)6)25-22(7)16-19(4)17-23(25)8/h14-17H,12-13H2,1-11H3. The van der Waals surface area contributed by atoms with Gasteiger partial charge in [0.25, 0.3) is 0 Å². The Labute approximate surface area is 201 Å². The largest absolute Gasteiger partial charge is 0.529 e. The molecule has 2 aromatic carbocycles.